The van der Waals surface area contributed by atoms with Crippen LogP contribution >= 0.6 is 0 Å². The third-order valence-electron chi connectivity index (χ3n) is 12.0. The Morgan fingerprint density at radius 1 is 0.517 bits per heavy atom. The van der Waals surface area contributed by atoms with Gasteiger partial charge in [0.2, 0.25) is 0 Å². The van der Waals surface area contributed by atoms with E-state index in [-0.39, 0.29) is 10.8 Å². The molecule has 1 aliphatic carbocycles. The molecule has 9 aromatic rings. The van der Waals surface area contributed by atoms with E-state index >= 15 is 0 Å². The molecule has 0 saturated heterocycles. The van der Waals surface area contributed by atoms with Gasteiger partial charge in [0.1, 0.15) is 11.2 Å². The van der Waals surface area contributed by atoms with Gasteiger partial charge in [-0.1, -0.05) is 168 Å². The minimum atomic E-state index is -0.145. The molecule has 0 atom stereocenters. The summed E-state index contributed by atoms with van der Waals surface area (Å²) in [4.78, 5) is 2.43. The van der Waals surface area contributed by atoms with Gasteiger partial charge in [0, 0.05) is 39.0 Å². The second kappa shape index (κ2) is 13.7. The van der Waals surface area contributed by atoms with Crippen molar-refractivity contribution in [2.45, 2.75) is 45.4 Å². The molecule has 1 heterocycles. The van der Waals surface area contributed by atoms with Crippen molar-refractivity contribution in [2.75, 3.05) is 10.2 Å². The molecule has 0 saturated carbocycles. The molecular weight excluding hydrogens is 705 g/mol. The lowest BCUT2D eigenvalue weighted by atomic mass is 9.79. The van der Waals surface area contributed by atoms with E-state index in [1.54, 1.807) is 0 Å². The predicted molar refractivity (Wildman–Crippen MR) is 245 cm³/mol. The molecule has 0 bridgehead atoms. The molecule has 0 aliphatic heterocycles. The second-order valence-electron chi connectivity index (χ2n) is 17.1. The fourth-order valence-corrected chi connectivity index (χ4v) is 9.07. The first-order valence-corrected chi connectivity index (χ1v) is 20.3. The Hall–Kier alpha value is -6.84. The molecule has 0 fully saturated rings. The molecule has 10 rings (SSSR count). The highest BCUT2D eigenvalue weighted by Crippen LogP contribution is 2.55. The third-order valence-corrected chi connectivity index (χ3v) is 12.0. The monoisotopic (exact) mass is 750 g/mol. The fraction of sp³-hybridized carbons (Fsp3) is 0.127. The van der Waals surface area contributed by atoms with E-state index in [0.717, 1.165) is 55.9 Å². The molecule has 0 radical (unpaired) electrons. The second-order valence-corrected chi connectivity index (χ2v) is 17.1. The first-order valence-electron chi connectivity index (χ1n) is 20.3. The summed E-state index contributed by atoms with van der Waals surface area (Å²) in [5.74, 6) is 0. The summed E-state index contributed by atoms with van der Waals surface area (Å²) in [5.41, 5.74) is 18.3. The van der Waals surface area contributed by atoms with Crippen LogP contribution in [0.1, 0.15) is 51.3 Å². The highest BCUT2D eigenvalue weighted by atomic mass is 16.3. The summed E-state index contributed by atoms with van der Waals surface area (Å²) in [6, 6.07) is 65.6. The summed E-state index contributed by atoms with van der Waals surface area (Å²) in [6.07, 6.45) is 0. The first kappa shape index (κ1) is 35.6. The van der Waals surface area contributed by atoms with E-state index in [1.807, 2.05) is 6.07 Å². The van der Waals surface area contributed by atoms with E-state index in [2.05, 4.69) is 221 Å². The van der Waals surface area contributed by atoms with Gasteiger partial charge in [0.25, 0.3) is 0 Å². The average molecular weight is 751 g/mol. The van der Waals surface area contributed by atoms with Gasteiger partial charge in [0.05, 0.1) is 16.8 Å². The minimum Gasteiger partial charge on any atom is -0.456 e. The zero-order valence-electron chi connectivity index (χ0n) is 33.7. The maximum absolute atomic E-state index is 6.50. The number of anilines is 5. The van der Waals surface area contributed by atoms with Crippen LogP contribution < -0.4 is 10.2 Å². The topological polar surface area (TPSA) is 28.4 Å². The van der Waals surface area contributed by atoms with Gasteiger partial charge < -0.3 is 14.6 Å². The number of furan rings is 1. The molecule has 282 valence electrons. The van der Waals surface area contributed by atoms with Crippen LogP contribution in [-0.2, 0) is 10.8 Å². The molecular formula is C55H46N2O. The van der Waals surface area contributed by atoms with Crippen molar-refractivity contribution >= 4 is 50.4 Å². The van der Waals surface area contributed by atoms with Crippen molar-refractivity contribution in [1.29, 1.82) is 0 Å². The number of fused-ring (bicyclic) bond motifs is 6. The Kier molecular flexibility index (Phi) is 8.38. The van der Waals surface area contributed by atoms with Gasteiger partial charge in [0.15, 0.2) is 0 Å². The first-order chi connectivity index (χ1) is 28.2. The summed E-state index contributed by atoms with van der Waals surface area (Å²) < 4.78 is 6.50. The third kappa shape index (κ3) is 5.89. The zero-order valence-corrected chi connectivity index (χ0v) is 33.7. The summed E-state index contributed by atoms with van der Waals surface area (Å²) in [7, 11) is 0. The molecule has 8 aromatic carbocycles. The van der Waals surface area contributed by atoms with E-state index < -0.39 is 0 Å². The molecule has 0 amide bonds. The molecule has 0 spiro atoms. The normalized spacial score (nSPS) is 13.1. The van der Waals surface area contributed by atoms with Crippen molar-refractivity contribution in [3.05, 3.63) is 199 Å². The molecule has 1 aliphatic rings. The highest BCUT2D eigenvalue weighted by Gasteiger charge is 2.38. The number of para-hydroxylation sites is 3. The molecule has 3 heteroatoms. The van der Waals surface area contributed by atoms with Crippen LogP contribution in [0.5, 0.6) is 0 Å². The Bertz CT molecular complexity index is 3000. The summed E-state index contributed by atoms with van der Waals surface area (Å²) in [6.45, 7) is 11.7. The van der Waals surface area contributed by atoms with Gasteiger partial charge in [-0.15, -0.1) is 0 Å². The van der Waals surface area contributed by atoms with Crippen LogP contribution in [0.15, 0.2) is 186 Å². The highest BCUT2D eigenvalue weighted by molar-refractivity contribution is 6.14. The lowest BCUT2D eigenvalue weighted by Gasteiger charge is -2.29. The Morgan fingerprint density at radius 3 is 2.03 bits per heavy atom. The fourth-order valence-electron chi connectivity index (χ4n) is 9.07. The van der Waals surface area contributed by atoms with Gasteiger partial charge in [-0.25, -0.2) is 0 Å². The predicted octanol–water partition coefficient (Wildman–Crippen LogP) is 15.7. The van der Waals surface area contributed by atoms with Crippen molar-refractivity contribution in [3.63, 3.8) is 0 Å². The molecule has 3 nitrogen and oxygen atoms in total. The minimum absolute atomic E-state index is 0.0567. The summed E-state index contributed by atoms with van der Waals surface area (Å²) in [5, 5.41) is 5.97. The molecule has 58 heavy (non-hydrogen) atoms. The van der Waals surface area contributed by atoms with Crippen LogP contribution in [0.3, 0.4) is 0 Å². The average Bonchev–Trinajstić information content (AvgIpc) is 3.74. The Labute approximate surface area is 341 Å². The van der Waals surface area contributed by atoms with Gasteiger partial charge in [-0.3, -0.25) is 0 Å². The van der Waals surface area contributed by atoms with E-state index in [0.29, 0.717) is 0 Å². The number of hydrogen-bond acceptors (Lipinski definition) is 3. The lowest BCUT2D eigenvalue weighted by molar-refractivity contribution is 0.584. The number of benzene rings is 8. The number of rotatable bonds is 7. The van der Waals surface area contributed by atoms with Crippen LogP contribution in [0.25, 0.3) is 55.3 Å². The Morgan fingerprint density at radius 2 is 1.19 bits per heavy atom. The van der Waals surface area contributed by atoms with Gasteiger partial charge in [-0.2, -0.15) is 0 Å². The van der Waals surface area contributed by atoms with Gasteiger partial charge >= 0.3 is 0 Å². The van der Waals surface area contributed by atoms with E-state index in [4.69, 9.17) is 4.42 Å². The maximum atomic E-state index is 6.50. The molecule has 1 aromatic heterocycles. The Balaban J connectivity index is 1.19. The molecule has 0 unspecified atom stereocenters. The van der Waals surface area contributed by atoms with Crippen LogP contribution in [-0.4, -0.2) is 0 Å². The number of hydrogen-bond donors (Lipinski definition) is 1. The van der Waals surface area contributed by atoms with Crippen molar-refractivity contribution in [3.8, 4) is 33.4 Å². The zero-order chi connectivity index (χ0) is 39.6. The van der Waals surface area contributed by atoms with Gasteiger partial charge in [-0.05, 0) is 92.9 Å². The van der Waals surface area contributed by atoms with Crippen LogP contribution in [0.2, 0.25) is 0 Å². The van der Waals surface area contributed by atoms with Crippen molar-refractivity contribution < 1.29 is 4.42 Å². The lowest BCUT2D eigenvalue weighted by Crippen LogP contribution is -2.17. The smallest absolute Gasteiger partial charge is 0.137 e. The van der Waals surface area contributed by atoms with Crippen LogP contribution in [0.4, 0.5) is 28.4 Å². The number of nitrogens with zero attached hydrogens (tertiary/aromatic N) is 1. The van der Waals surface area contributed by atoms with Crippen LogP contribution in [0, 0.1) is 0 Å². The standard InChI is InChI=1S/C55H46N2O/c1-54(2,3)37-32-33-43-46(34-37)55(4,5)45-26-16-25-42(52(43)45)41-23-10-13-28-48(41)57(49-29-17-31-51-53(49)44-24-11-14-30-50(44)58-51)39-21-15-20-38(35-39)56-47-27-12-9-22-40(47)36-18-7-6-8-19-36/h6-35,56H,1-5H3. The van der Waals surface area contributed by atoms with E-state index in [9.17, 15) is 0 Å². The molecule has 1 N–H and O–H groups in total. The largest absolute Gasteiger partial charge is 0.456 e. The van der Waals surface area contributed by atoms with Crippen molar-refractivity contribution in [2.24, 2.45) is 0 Å². The SMILES string of the molecule is CC(C)(C)c1ccc2c(c1)C(C)(C)c1cccc(-c3ccccc3N(c3cccc(Nc4ccccc4-c4ccccc4)c3)c3cccc4oc5ccccc5c34)c1-2. The summed E-state index contributed by atoms with van der Waals surface area (Å²) >= 11 is 0. The van der Waals surface area contributed by atoms with Crippen molar-refractivity contribution in [1.82, 2.24) is 0 Å². The van der Waals surface area contributed by atoms with E-state index in [1.165, 1.54) is 44.5 Å². The maximum Gasteiger partial charge on any atom is 0.137 e. The quantitative estimate of drug-likeness (QED) is 0.176. The number of nitrogens with one attached hydrogen (secondary N) is 1.